The molecule has 0 aromatic carbocycles. The highest BCUT2D eigenvalue weighted by molar-refractivity contribution is 5.09. The van der Waals surface area contributed by atoms with Crippen LogP contribution in [0.1, 0.15) is 20.3 Å². The second-order valence-electron chi connectivity index (χ2n) is 3.73. The summed E-state index contributed by atoms with van der Waals surface area (Å²) in [5.41, 5.74) is -3.70. The highest BCUT2D eigenvalue weighted by atomic mass is 19.1. The molecular formula is C9H17FO4. The largest absolute Gasteiger partial charge is 0.394 e. The van der Waals surface area contributed by atoms with E-state index in [0.29, 0.717) is 0 Å². The molecule has 0 saturated carbocycles. The average Bonchev–Trinajstić information content (AvgIpc) is 2.36. The van der Waals surface area contributed by atoms with Crippen LogP contribution in [0.25, 0.3) is 0 Å². The number of methoxy groups -OCH3 is 1. The zero-order valence-electron chi connectivity index (χ0n) is 8.66. The Morgan fingerprint density at radius 2 is 2.14 bits per heavy atom. The van der Waals surface area contributed by atoms with Crippen molar-refractivity contribution < 1.29 is 24.1 Å². The molecule has 1 aliphatic rings. The highest BCUT2D eigenvalue weighted by Crippen LogP contribution is 2.44. The zero-order valence-corrected chi connectivity index (χ0v) is 8.66. The SMILES string of the molecule is CCC1(O)[C@@H](CO)OC(OC)[C@]1(C)F. The first-order valence-corrected chi connectivity index (χ1v) is 4.64. The molecule has 0 aromatic heterocycles. The second-order valence-corrected chi connectivity index (χ2v) is 3.73. The Hall–Kier alpha value is -0.230. The Morgan fingerprint density at radius 3 is 2.43 bits per heavy atom. The van der Waals surface area contributed by atoms with Crippen LogP contribution in [0, 0.1) is 0 Å². The number of rotatable bonds is 3. The van der Waals surface area contributed by atoms with Gasteiger partial charge in [0.1, 0.15) is 11.7 Å². The number of ether oxygens (including phenoxy) is 2. The molecule has 1 fully saturated rings. The molecule has 4 atom stereocenters. The van der Waals surface area contributed by atoms with Crippen LogP contribution in [0.2, 0.25) is 0 Å². The summed E-state index contributed by atoms with van der Waals surface area (Å²) in [5.74, 6) is 0. The van der Waals surface area contributed by atoms with Gasteiger partial charge in [-0.3, -0.25) is 0 Å². The maximum absolute atomic E-state index is 14.2. The third kappa shape index (κ3) is 1.35. The molecule has 1 rings (SSSR count). The molecule has 0 bridgehead atoms. The summed E-state index contributed by atoms with van der Waals surface area (Å²) in [6, 6.07) is 0. The Bertz CT molecular complexity index is 209. The number of aliphatic hydroxyl groups is 2. The molecule has 1 saturated heterocycles. The molecule has 1 aliphatic heterocycles. The van der Waals surface area contributed by atoms with Gasteiger partial charge in [-0.05, 0) is 13.3 Å². The van der Waals surface area contributed by atoms with Gasteiger partial charge >= 0.3 is 0 Å². The lowest BCUT2D eigenvalue weighted by Crippen LogP contribution is -2.55. The third-order valence-corrected chi connectivity index (χ3v) is 3.03. The van der Waals surface area contributed by atoms with Gasteiger partial charge in [0, 0.05) is 7.11 Å². The van der Waals surface area contributed by atoms with Crippen molar-refractivity contribution in [3.05, 3.63) is 0 Å². The minimum absolute atomic E-state index is 0.158. The van der Waals surface area contributed by atoms with Crippen LogP contribution in [0.4, 0.5) is 4.39 Å². The van der Waals surface area contributed by atoms with Crippen molar-refractivity contribution in [2.24, 2.45) is 0 Å². The summed E-state index contributed by atoms with van der Waals surface area (Å²) in [5, 5.41) is 19.0. The predicted octanol–water partition coefficient (Wildman–Crippen LogP) is 0.219. The van der Waals surface area contributed by atoms with Crippen LogP contribution in [-0.2, 0) is 9.47 Å². The Kier molecular flexibility index (Phi) is 3.16. The maximum atomic E-state index is 14.2. The van der Waals surface area contributed by atoms with Crippen molar-refractivity contribution in [3.63, 3.8) is 0 Å². The van der Waals surface area contributed by atoms with Crippen LogP contribution in [0.3, 0.4) is 0 Å². The fourth-order valence-corrected chi connectivity index (χ4v) is 1.95. The smallest absolute Gasteiger partial charge is 0.194 e. The number of halogens is 1. The fraction of sp³-hybridized carbons (Fsp3) is 1.00. The van der Waals surface area contributed by atoms with E-state index in [1.165, 1.54) is 14.0 Å². The summed E-state index contributed by atoms with van der Waals surface area (Å²) >= 11 is 0. The summed E-state index contributed by atoms with van der Waals surface area (Å²) in [6.07, 6.45) is -1.91. The highest BCUT2D eigenvalue weighted by Gasteiger charge is 2.64. The Balaban J connectivity index is 2.99. The van der Waals surface area contributed by atoms with E-state index in [-0.39, 0.29) is 6.42 Å². The van der Waals surface area contributed by atoms with Gasteiger partial charge in [-0.2, -0.15) is 0 Å². The van der Waals surface area contributed by atoms with E-state index in [4.69, 9.17) is 14.6 Å². The van der Waals surface area contributed by atoms with Gasteiger partial charge in [-0.15, -0.1) is 0 Å². The molecule has 0 amide bonds. The maximum Gasteiger partial charge on any atom is 0.194 e. The predicted molar refractivity (Wildman–Crippen MR) is 47.5 cm³/mol. The van der Waals surface area contributed by atoms with Crippen LogP contribution in [0.15, 0.2) is 0 Å². The van der Waals surface area contributed by atoms with E-state index in [0.717, 1.165) is 0 Å². The lowest BCUT2D eigenvalue weighted by atomic mass is 9.81. The monoisotopic (exact) mass is 208 g/mol. The van der Waals surface area contributed by atoms with E-state index >= 15 is 0 Å². The van der Waals surface area contributed by atoms with E-state index in [2.05, 4.69) is 0 Å². The van der Waals surface area contributed by atoms with Gasteiger partial charge in [0.25, 0.3) is 0 Å². The van der Waals surface area contributed by atoms with Gasteiger partial charge in [-0.25, -0.2) is 4.39 Å². The third-order valence-electron chi connectivity index (χ3n) is 3.03. The number of alkyl halides is 1. The van der Waals surface area contributed by atoms with Crippen molar-refractivity contribution in [2.45, 2.75) is 43.9 Å². The zero-order chi connectivity index (χ0) is 11.0. The molecule has 84 valence electrons. The van der Waals surface area contributed by atoms with E-state index in [9.17, 15) is 9.50 Å². The Morgan fingerprint density at radius 1 is 1.57 bits per heavy atom. The first kappa shape index (κ1) is 11.8. The van der Waals surface area contributed by atoms with Crippen LogP contribution >= 0.6 is 0 Å². The van der Waals surface area contributed by atoms with Crippen LogP contribution in [-0.4, -0.2) is 47.6 Å². The molecule has 0 radical (unpaired) electrons. The van der Waals surface area contributed by atoms with E-state index in [1.54, 1.807) is 6.92 Å². The summed E-state index contributed by atoms with van der Waals surface area (Å²) in [7, 11) is 1.30. The molecule has 14 heavy (non-hydrogen) atoms. The van der Waals surface area contributed by atoms with Gasteiger partial charge in [0.2, 0.25) is 0 Å². The minimum atomic E-state index is -2.01. The quantitative estimate of drug-likeness (QED) is 0.696. The van der Waals surface area contributed by atoms with Crippen molar-refractivity contribution >= 4 is 0 Å². The molecule has 0 aromatic rings. The minimum Gasteiger partial charge on any atom is -0.394 e. The molecule has 1 heterocycles. The second kappa shape index (κ2) is 3.73. The molecular weight excluding hydrogens is 191 g/mol. The molecule has 4 nitrogen and oxygen atoms in total. The van der Waals surface area contributed by atoms with E-state index in [1.807, 2.05) is 0 Å². The molecule has 2 unspecified atom stereocenters. The first-order valence-electron chi connectivity index (χ1n) is 4.64. The van der Waals surface area contributed by atoms with Gasteiger partial charge in [0.05, 0.1) is 6.61 Å². The van der Waals surface area contributed by atoms with Crippen molar-refractivity contribution in [3.8, 4) is 0 Å². The van der Waals surface area contributed by atoms with Crippen LogP contribution < -0.4 is 0 Å². The normalized spacial score (nSPS) is 48.4. The standard InChI is InChI=1S/C9H17FO4/c1-4-9(12)6(5-11)14-7(13-3)8(9,2)10/h6-7,11-12H,4-5H2,1-3H3/t6-,7?,8+,9?/m1/s1. The van der Waals surface area contributed by atoms with Crippen molar-refractivity contribution in [1.82, 2.24) is 0 Å². The van der Waals surface area contributed by atoms with Crippen molar-refractivity contribution in [2.75, 3.05) is 13.7 Å². The number of hydrogen-bond acceptors (Lipinski definition) is 4. The summed E-state index contributed by atoms with van der Waals surface area (Å²) in [4.78, 5) is 0. The van der Waals surface area contributed by atoms with Gasteiger partial charge < -0.3 is 19.7 Å². The summed E-state index contributed by atoms with van der Waals surface area (Å²) in [6.45, 7) is 2.44. The number of aliphatic hydroxyl groups excluding tert-OH is 1. The molecule has 5 heteroatoms. The summed E-state index contributed by atoms with van der Waals surface area (Å²) < 4.78 is 24.0. The average molecular weight is 208 g/mol. The lowest BCUT2D eigenvalue weighted by molar-refractivity contribution is -0.166. The van der Waals surface area contributed by atoms with Gasteiger partial charge in [-0.1, -0.05) is 6.92 Å². The van der Waals surface area contributed by atoms with Gasteiger partial charge in [0.15, 0.2) is 12.0 Å². The molecule has 0 spiro atoms. The molecule has 2 N–H and O–H groups in total. The number of hydrogen-bond donors (Lipinski definition) is 2. The fourth-order valence-electron chi connectivity index (χ4n) is 1.95. The van der Waals surface area contributed by atoms with E-state index < -0.39 is 30.3 Å². The van der Waals surface area contributed by atoms with Crippen molar-refractivity contribution in [1.29, 1.82) is 0 Å². The Labute approximate surface area is 82.6 Å². The topological polar surface area (TPSA) is 58.9 Å². The first-order chi connectivity index (χ1) is 6.44. The molecule has 0 aliphatic carbocycles. The lowest BCUT2D eigenvalue weighted by Gasteiger charge is -2.34. The van der Waals surface area contributed by atoms with Crippen LogP contribution in [0.5, 0.6) is 0 Å².